The summed E-state index contributed by atoms with van der Waals surface area (Å²) < 4.78 is 11.5. The molecule has 2 aromatic rings. The Balaban J connectivity index is 1.70. The molecule has 24 heavy (non-hydrogen) atoms. The second-order valence-electron chi connectivity index (χ2n) is 5.35. The summed E-state index contributed by atoms with van der Waals surface area (Å²) >= 11 is 3.38. The maximum absolute atomic E-state index is 12.4. The number of fused-ring (bicyclic) bond motifs is 1. The molecule has 0 saturated carbocycles. The fourth-order valence-electron chi connectivity index (χ4n) is 2.53. The summed E-state index contributed by atoms with van der Waals surface area (Å²) in [5.74, 6) is -0.0906. The Morgan fingerprint density at radius 2 is 2.04 bits per heavy atom. The van der Waals surface area contributed by atoms with E-state index in [0.29, 0.717) is 24.3 Å². The van der Waals surface area contributed by atoms with E-state index in [4.69, 9.17) is 9.47 Å². The van der Waals surface area contributed by atoms with Crippen molar-refractivity contribution in [1.82, 2.24) is 0 Å². The second-order valence-corrected chi connectivity index (χ2v) is 6.26. The Morgan fingerprint density at radius 1 is 1.29 bits per heavy atom. The van der Waals surface area contributed by atoms with Gasteiger partial charge in [0, 0.05) is 16.6 Å². The van der Waals surface area contributed by atoms with Crippen LogP contribution < -0.4 is 10.1 Å². The lowest BCUT2D eigenvalue weighted by molar-refractivity contribution is -0.125. The molecule has 2 aromatic carbocycles. The molecular weight excluding hydrogens is 374 g/mol. The highest BCUT2D eigenvalue weighted by atomic mass is 79.9. The highest BCUT2D eigenvalue weighted by Gasteiger charge is 2.31. The minimum atomic E-state index is -0.842. The molecule has 1 heterocycles. The van der Waals surface area contributed by atoms with Gasteiger partial charge in [-0.15, -0.1) is 0 Å². The lowest BCUT2D eigenvalue weighted by Gasteiger charge is -2.24. The number of carbonyl (C=O) groups excluding carboxylic acids is 2. The number of nitrogens with one attached hydrogen (secondary N) is 1. The standard InChI is InChI=1S/C18H16BrNO4/c1-2-23-14-6-4-13(5-7-14)20-17(21)16-10-11-9-12(19)3-8-15(11)18(22)24-16/h3-9,16H,2,10H2,1H3,(H,20,21). The number of carbonyl (C=O) groups is 2. The molecule has 1 unspecified atom stereocenters. The Morgan fingerprint density at radius 3 is 2.75 bits per heavy atom. The minimum Gasteiger partial charge on any atom is -0.494 e. The first-order chi connectivity index (χ1) is 11.6. The molecule has 0 fully saturated rings. The summed E-state index contributed by atoms with van der Waals surface area (Å²) in [7, 11) is 0. The van der Waals surface area contributed by atoms with Crippen molar-refractivity contribution in [2.75, 3.05) is 11.9 Å². The van der Waals surface area contributed by atoms with Crippen LogP contribution in [0.5, 0.6) is 5.75 Å². The second kappa shape index (κ2) is 7.05. The van der Waals surface area contributed by atoms with Crippen LogP contribution in [0.25, 0.3) is 0 Å². The molecule has 3 rings (SSSR count). The largest absolute Gasteiger partial charge is 0.494 e. The first-order valence-corrected chi connectivity index (χ1v) is 8.39. The number of hydrogen-bond donors (Lipinski definition) is 1. The van der Waals surface area contributed by atoms with E-state index in [1.165, 1.54) is 0 Å². The van der Waals surface area contributed by atoms with E-state index in [1.807, 2.05) is 13.0 Å². The van der Waals surface area contributed by atoms with Gasteiger partial charge in [0.25, 0.3) is 5.91 Å². The summed E-state index contributed by atoms with van der Waals surface area (Å²) in [4.78, 5) is 24.4. The zero-order valence-corrected chi connectivity index (χ0v) is 14.6. The number of halogens is 1. The van der Waals surface area contributed by atoms with E-state index < -0.39 is 12.1 Å². The molecule has 124 valence electrons. The summed E-state index contributed by atoms with van der Waals surface area (Å²) in [6.07, 6.45) is -0.491. The van der Waals surface area contributed by atoms with Gasteiger partial charge in [-0.2, -0.15) is 0 Å². The average Bonchev–Trinajstić information content (AvgIpc) is 2.56. The van der Waals surface area contributed by atoms with Crippen LogP contribution in [0, 0.1) is 0 Å². The quantitative estimate of drug-likeness (QED) is 0.811. The Kier molecular flexibility index (Phi) is 4.85. The molecule has 5 nitrogen and oxygen atoms in total. The molecule has 1 N–H and O–H groups in total. The van der Waals surface area contributed by atoms with E-state index in [1.54, 1.807) is 36.4 Å². The van der Waals surface area contributed by atoms with Crippen LogP contribution in [0.2, 0.25) is 0 Å². The van der Waals surface area contributed by atoms with E-state index in [2.05, 4.69) is 21.2 Å². The van der Waals surface area contributed by atoms with Crippen molar-refractivity contribution in [3.63, 3.8) is 0 Å². The highest BCUT2D eigenvalue weighted by molar-refractivity contribution is 9.10. The van der Waals surface area contributed by atoms with Crippen LogP contribution in [0.1, 0.15) is 22.8 Å². The van der Waals surface area contributed by atoms with Crippen LogP contribution in [0.15, 0.2) is 46.9 Å². The zero-order chi connectivity index (χ0) is 17.1. The first-order valence-electron chi connectivity index (χ1n) is 7.60. The summed E-state index contributed by atoms with van der Waals surface area (Å²) in [6, 6.07) is 12.4. The number of ether oxygens (including phenoxy) is 2. The van der Waals surface area contributed by atoms with Crippen molar-refractivity contribution >= 4 is 33.5 Å². The molecule has 0 saturated heterocycles. The molecule has 0 spiro atoms. The molecule has 6 heteroatoms. The number of rotatable bonds is 4. The lowest BCUT2D eigenvalue weighted by atomic mass is 9.98. The maximum Gasteiger partial charge on any atom is 0.339 e. The molecular formula is C18H16BrNO4. The van der Waals surface area contributed by atoms with Crippen LogP contribution in [0.4, 0.5) is 5.69 Å². The van der Waals surface area contributed by atoms with Crippen molar-refractivity contribution < 1.29 is 19.1 Å². The van der Waals surface area contributed by atoms with E-state index >= 15 is 0 Å². The molecule has 1 atom stereocenters. The van der Waals surface area contributed by atoms with Crippen LogP contribution in [-0.4, -0.2) is 24.6 Å². The van der Waals surface area contributed by atoms with Gasteiger partial charge in [-0.25, -0.2) is 4.79 Å². The van der Waals surface area contributed by atoms with Gasteiger partial charge < -0.3 is 14.8 Å². The molecule has 0 aromatic heterocycles. The predicted octanol–water partition coefficient (Wildman–Crippen LogP) is 3.57. The van der Waals surface area contributed by atoms with Crippen LogP contribution in [0.3, 0.4) is 0 Å². The average molecular weight is 390 g/mol. The topological polar surface area (TPSA) is 64.6 Å². The van der Waals surface area contributed by atoms with Crippen molar-refractivity contribution in [2.24, 2.45) is 0 Å². The fraction of sp³-hybridized carbons (Fsp3) is 0.222. The van der Waals surface area contributed by atoms with Gasteiger partial charge >= 0.3 is 5.97 Å². The Hall–Kier alpha value is -2.34. The monoisotopic (exact) mass is 389 g/mol. The van der Waals surface area contributed by atoms with Gasteiger partial charge in [0.05, 0.1) is 12.2 Å². The highest BCUT2D eigenvalue weighted by Crippen LogP contribution is 2.25. The fourth-order valence-corrected chi connectivity index (χ4v) is 2.94. The van der Waals surface area contributed by atoms with Gasteiger partial charge in [0.15, 0.2) is 6.10 Å². The zero-order valence-electron chi connectivity index (χ0n) is 13.0. The molecule has 0 bridgehead atoms. The molecule has 1 amide bonds. The Labute approximate surface area is 148 Å². The molecule has 0 radical (unpaired) electrons. The van der Waals surface area contributed by atoms with E-state index in [-0.39, 0.29) is 5.91 Å². The normalized spacial score (nSPS) is 16.1. The number of anilines is 1. The van der Waals surface area contributed by atoms with Crippen molar-refractivity contribution in [1.29, 1.82) is 0 Å². The lowest BCUT2D eigenvalue weighted by Crippen LogP contribution is -2.38. The van der Waals surface area contributed by atoms with Crippen LogP contribution in [-0.2, 0) is 16.0 Å². The van der Waals surface area contributed by atoms with Crippen molar-refractivity contribution in [2.45, 2.75) is 19.4 Å². The third kappa shape index (κ3) is 3.59. The maximum atomic E-state index is 12.4. The van der Waals surface area contributed by atoms with E-state index in [9.17, 15) is 9.59 Å². The van der Waals surface area contributed by atoms with Gasteiger partial charge in [-0.1, -0.05) is 15.9 Å². The van der Waals surface area contributed by atoms with Crippen molar-refractivity contribution in [3.8, 4) is 5.75 Å². The Bertz CT molecular complexity index is 773. The SMILES string of the molecule is CCOc1ccc(NC(=O)C2Cc3cc(Br)ccc3C(=O)O2)cc1. The molecule has 1 aliphatic rings. The minimum absolute atomic E-state index is 0.349. The summed E-state index contributed by atoms with van der Waals surface area (Å²) in [5.41, 5.74) is 1.93. The third-order valence-corrected chi connectivity index (χ3v) is 4.16. The number of benzene rings is 2. The number of cyclic esters (lactones) is 1. The number of amides is 1. The number of esters is 1. The van der Waals surface area contributed by atoms with E-state index in [0.717, 1.165) is 15.8 Å². The smallest absolute Gasteiger partial charge is 0.339 e. The number of hydrogen-bond acceptors (Lipinski definition) is 4. The summed E-state index contributed by atoms with van der Waals surface area (Å²) in [6.45, 7) is 2.49. The summed E-state index contributed by atoms with van der Waals surface area (Å²) in [5, 5.41) is 2.76. The van der Waals surface area contributed by atoms with Crippen molar-refractivity contribution in [3.05, 3.63) is 58.1 Å². The predicted molar refractivity (Wildman–Crippen MR) is 93.3 cm³/mol. The third-order valence-electron chi connectivity index (χ3n) is 3.67. The van der Waals surface area contributed by atoms with Gasteiger partial charge in [0.1, 0.15) is 5.75 Å². The van der Waals surface area contributed by atoms with Gasteiger partial charge in [-0.3, -0.25) is 4.79 Å². The van der Waals surface area contributed by atoms with Gasteiger partial charge in [0.2, 0.25) is 0 Å². The first kappa shape index (κ1) is 16.5. The molecule has 0 aliphatic carbocycles. The molecule has 1 aliphatic heterocycles. The van der Waals surface area contributed by atoms with Gasteiger partial charge in [-0.05, 0) is 55.0 Å². The van der Waals surface area contributed by atoms with Crippen LogP contribution >= 0.6 is 15.9 Å².